The smallest absolute Gasteiger partial charge is 0.379 e. The molecule has 284 valence electrons. The van der Waals surface area contributed by atoms with Gasteiger partial charge in [-0.1, -0.05) is 61.0 Å². The van der Waals surface area contributed by atoms with Gasteiger partial charge in [0.05, 0.1) is 51.2 Å². The second-order valence-electron chi connectivity index (χ2n) is 13.1. The SMILES string of the molecule is CCS(=O)(=O)c1cc2c(C(=O)NC(c3ccccc3)C(F)(F)F)c(CN3CCC(N4CCOCC4)CC3)c(-c3cccc(C(F)(F)F)c3)nc2cc1Cl. The molecule has 4 aromatic rings. The molecule has 0 aliphatic carbocycles. The molecule has 2 aliphatic heterocycles. The number of carbonyl (C=O) groups excluding carboxylic acids is 1. The number of morpholine rings is 1. The molecular weight excluding hydrogens is 746 g/mol. The Morgan fingerprint density at radius 3 is 2.26 bits per heavy atom. The van der Waals surface area contributed by atoms with Crippen molar-refractivity contribution in [1.82, 2.24) is 20.1 Å². The number of halogens is 7. The molecule has 3 aromatic carbocycles. The van der Waals surface area contributed by atoms with Crippen LogP contribution < -0.4 is 5.32 Å². The first kappa shape index (κ1) is 38.9. The fraction of sp³-hybridized carbons (Fsp3) is 0.405. The number of fused-ring (bicyclic) bond motifs is 1. The summed E-state index contributed by atoms with van der Waals surface area (Å²) in [6.45, 7) is 5.11. The zero-order valence-electron chi connectivity index (χ0n) is 28.6. The quantitative estimate of drug-likeness (QED) is 0.174. The molecule has 53 heavy (non-hydrogen) atoms. The first-order valence-electron chi connectivity index (χ1n) is 17.1. The van der Waals surface area contributed by atoms with Crippen LogP contribution in [-0.2, 0) is 27.3 Å². The van der Waals surface area contributed by atoms with Crippen LogP contribution in [0.3, 0.4) is 0 Å². The number of alkyl halides is 6. The average molecular weight is 783 g/mol. The predicted molar refractivity (Wildman–Crippen MR) is 188 cm³/mol. The van der Waals surface area contributed by atoms with Crippen LogP contribution in [-0.4, -0.2) is 86.5 Å². The number of hydrogen-bond donors (Lipinski definition) is 1. The monoisotopic (exact) mass is 782 g/mol. The maximum Gasteiger partial charge on any atom is 0.416 e. The molecule has 0 radical (unpaired) electrons. The van der Waals surface area contributed by atoms with E-state index in [0.717, 1.165) is 44.1 Å². The largest absolute Gasteiger partial charge is 0.416 e. The summed E-state index contributed by atoms with van der Waals surface area (Å²) in [5, 5.41) is 1.75. The van der Waals surface area contributed by atoms with Gasteiger partial charge in [0, 0.05) is 42.2 Å². The summed E-state index contributed by atoms with van der Waals surface area (Å²) in [4.78, 5) is 23.1. The summed E-state index contributed by atoms with van der Waals surface area (Å²) in [6.07, 6.45) is -8.25. The highest BCUT2D eigenvalue weighted by atomic mass is 35.5. The van der Waals surface area contributed by atoms with Gasteiger partial charge in [0.25, 0.3) is 5.91 Å². The number of likely N-dealkylation sites (tertiary alicyclic amines) is 1. The number of nitrogens with zero attached hydrogens (tertiary/aromatic N) is 3. The normalized spacial score (nSPS) is 17.6. The Labute approximate surface area is 308 Å². The zero-order valence-corrected chi connectivity index (χ0v) is 30.2. The van der Waals surface area contributed by atoms with Gasteiger partial charge < -0.3 is 10.1 Å². The van der Waals surface area contributed by atoms with Crippen LogP contribution in [0.15, 0.2) is 71.6 Å². The van der Waals surface area contributed by atoms with Crippen molar-refractivity contribution in [3.05, 3.63) is 94.0 Å². The van der Waals surface area contributed by atoms with E-state index in [4.69, 9.17) is 16.3 Å². The van der Waals surface area contributed by atoms with Crippen molar-refractivity contribution in [3.8, 4) is 11.3 Å². The number of ether oxygens (including phenoxy) is 1. The molecule has 1 amide bonds. The van der Waals surface area contributed by atoms with Gasteiger partial charge in [0.1, 0.15) is 0 Å². The second kappa shape index (κ2) is 15.5. The third-order valence-electron chi connectivity index (χ3n) is 9.78. The summed E-state index contributed by atoms with van der Waals surface area (Å²) >= 11 is 6.44. The fourth-order valence-electron chi connectivity index (χ4n) is 7.00. The van der Waals surface area contributed by atoms with E-state index in [1.54, 1.807) is 0 Å². The first-order valence-corrected chi connectivity index (χ1v) is 19.1. The number of pyridine rings is 1. The molecule has 6 rings (SSSR count). The zero-order chi connectivity index (χ0) is 38.1. The van der Waals surface area contributed by atoms with Crippen molar-refractivity contribution < 1.29 is 44.3 Å². The van der Waals surface area contributed by atoms with Crippen molar-refractivity contribution in [2.75, 3.05) is 45.1 Å². The maximum absolute atomic E-state index is 14.6. The summed E-state index contributed by atoms with van der Waals surface area (Å²) < 4.78 is 118. The van der Waals surface area contributed by atoms with E-state index in [1.807, 2.05) is 4.90 Å². The van der Waals surface area contributed by atoms with Crippen molar-refractivity contribution in [2.24, 2.45) is 0 Å². The Morgan fingerprint density at radius 2 is 1.64 bits per heavy atom. The van der Waals surface area contributed by atoms with E-state index < -0.39 is 39.7 Å². The van der Waals surface area contributed by atoms with Crippen LogP contribution in [0.25, 0.3) is 22.2 Å². The lowest BCUT2D eigenvalue weighted by Gasteiger charge is -2.40. The minimum atomic E-state index is -4.95. The Morgan fingerprint density at radius 1 is 0.962 bits per heavy atom. The lowest BCUT2D eigenvalue weighted by atomic mass is 9.93. The van der Waals surface area contributed by atoms with Gasteiger partial charge in [0.2, 0.25) is 0 Å². The predicted octanol–water partition coefficient (Wildman–Crippen LogP) is 7.70. The lowest BCUT2D eigenvalue weighted by Crippen LogP contribution is -2.48. The maximum atomic E-state index is 14.6. The minimum Gasteiger partial charge on any atom is -0.379 e. The van der Waals surface area contributed by atoms with E-state index in [9.17, 15) is 39.6 Å². The molecule has 1 aromatic heterocycles. The molecule has 0 spiro atoms. The molecule has 2 aliphatic rings. The number of benzene rings is 3. The van der Waals surface area contributed by atoms with Crippen LogP contribution in [0, 0.1) is 0 Å². The second-order valence-corrected chi connectivity index (χ2v) is 15.8. The number of amides is 1. The number of carbonyl (C=O) groups is 1. The highest BCUT2D eigenvalue weighted by molar-refractivity contribution is 7.91. The van der Waals surface area contributed by atoms with E-state index in [1.165, 1.54) is 55.5 Å². The number of sulfone groups is 1. The molecule has 1 unspecified atom stereocenters. The van der Waals surface area contributed by atoms with Crippen molar-refractivity contribution in [1.29, 1.82) is 0 Å². The van der Waals surface area contributed by atoms with Crippen LogP contribution in [0.1, 0.15) is 52.9 Å². The average Bonchev–Trinajstić information content (AvgIpc) is 3.13. The van der Waals surface area contributed by atoms with Crippen LogP contribution in [0.4, 0.5) is 26.3 Å². The molecule has 0 saturated carbocycles. The lowest BCUT2D eigenvalue weighted by molar-refractivity contribution is -0.155. The van der Waals surface area contributed by atoms with Gasteiger partial charge in [-0.05, 0) is 55.8 Å². The number of nitrogens with one attached hydrogen (secondary N) is 1. The number of rotatable bonds is 9. The van der Waals surface area contributed by atoms with E-state index in [2.05, 4.69) is 15.2 Å². The Hall–Kier alpha value is -3.76. The number of piperidine rings is 1. The van der Waals surface area contributed by atoms with Gasteiger partial charge in [-0.15, -0.1) is 0 Å². The third-order valence-corrected chi connectivity index (χ3v) is 12.0. The molecule has 1 N–H and O–H groups in total. The van der Waals surface area contributed by atoms with E-state index in [0.29, 0.717) is 26.3 Å². The molecule has 2 fully saturated rings. The van der Waals surface area contributed by atoms with Gasteiger partial charge in [-0.3, -0.25) is 14.6 Å². The molecule has 1 atom stereocenters. The van der Waals surface area contributed by atoms with Crippen molar-refractivity contribution in [2.45, 2.75) is 55.6 Å². The van der Waals surface area contributed by atoms with Crippen LogP contribution >= 0.6 is 11.6 Å². The standard InChI is InChI=1S/C37H37ClF6N4O4S/c1-2-53(50,51)31-20-27-30(21-29(31)38)45-33(24-9-6-10-25(19-24)36(39,40)41)28(22-47-13-11-26(12-14-47)48-15-17-52-18-16-48)32(27)35(49)46-34(37(42,43)44)23-7-4-3-5-8-23/h3-10,19-21,26,34H,2,11-18,22H2,1H3,(H,46,49). The van der Waals surface area contributed by atoms with Gasteiger partial charge in [-0.25, -0.2) is 13.4 Å². The molecule has 8 nitrogen and oxygen atoms in total. The van der Waals surface area contributed by atoms with Crippen molar-refractivity contribution in [3.63, 3.8) is 0 Å². The molecule has 0 bridgehead atoms. The molecular formula is C37H37ClF6N4O4S. The summed E-state index contributed by atoms with van der Waals surface area (Å²) in [5.41, 5.74) is -1.74. The summed E-state index contributed by atoms with van der Waals surface area (Å²) in [6, 6.07) is 11.1. The fourth-order valence-corrected chi connectivity index (χ4v) is 8.48. The molecule has 16 heteroatoms. The molecule has 2 saturated heterocycles. The topological polar surface area (TPSA) is 91.8 Å². The Kier molecular flexibility index (Phi) is 11.4. The van der Waals surface area contributed by atoms with Gasteiger partial charge in [0.15, 0.2) is 15.9 Å². The van der Waals surface area contributed by atoms with Crippen molar-refractivity contribution >= 4 is 38.2 Å². The third kappa shape index (κ3) is 8.64. The number of hydrogen-bond acceptors (Lipinski definition) is 7. The minimum absolute atomic E-state index is 0.0363. The first-order chi connectivity index (χ1) is 25.1. The van der Waals surface area contributed by atoms with Crippen LogP contribution in [0.2, 0.25) is 5.02 Å². The number of aromatic nitrogens is 1. The van der Waals surface area contributed by atoms with E-state index >= 15 is 0 Å². The molecule has 3 heterocycles. The summed E-state index contributed by atoms with van der Waals surface area (Å²) in [5.74, 6) is -1.58. The highest BCUT2D eigenvalue weighted by Crippen LogP contribution is 2.39. The Bertz CT molecular complexity index is 2070. The van der Waals surface area contributed by atoms with Crippen LogP contribution in [0.5, 0.6) is 0 Å². The Balaban J connectivity index is 1.56. The highest BCUT2D eigenvalue weighted by Gasteiger charge is 2.43. The van der Waals surface area contributed by atoms with Gasteiger partial charge in [-0.2, -0.15) is 26.3 Å². The van der Waals surface area contributed by atoms with Gasteiger partial charge >= 0.3 is 12.4 Å². The summed E-state index contributed by atoms with van der Waals surface area (Å²) in [7, 11) is -4.01. The van der Waals surface area contributed by atoms with E-state index in [-0.39, 0.29) is 67.1 Å².